The van der Waals surface area contributed by atoms with Crippen molar-refractivity contribution in [1.82, 2.24) is 14.5 Å². The molecule has 10 heteroatoms. The summed E-state index contributed by atoms with van der Waals surface area (Å²) in [4.78, 5) is 24.5. The molecule has 1 saturated heterocycles. The van der Waals surface area contributed by atoms with Crippen LogP contribution in [0.25, 0.3) is 0 Å². The number of sulfonamides is 1. The molecule has 1 fully saturated rings. The molecular formula is C16H22FN3O5S. The first-order chi connectivity index (χ1) is 12.2. The van der Waals surface area contributed by atoms with Gasteiger partial charge < -0.3 is 15.3 Å². The molecule has 2 N–H and O–H groups in total. The van der Waals surface area contributed by atoms with Crippen molar-refractivity contribution in [3.63, 3.8) is 0 Å². The van der Waals surface area contributed by atoms with Crippen LogP contribution in [0.15, 0.2) is 29.2 Å². The van der Waals surface area contributed by atoms with E-state index in [9.17, 15) is 22.4 Å². The van der Waals surface area contributed by atoms with Gasteiger partial charge in [-0.1, -0.05) is 0 Å². The number of urea groups is 1. The largest absolute Gasteiger partial charge is 0.481 e. The van der Waals surface area contributed by atoms with E-state index in [4.69, 9.17) is 5.11 Å². The number of nitrogens with one attached hydrogen (secondary N) is 1. The summed E-state index contributed by atoms with van der Waals surface area (Å²) >= 11 is 0. The number of rotatable bonds is 6. The normalized spacial score (nSPS) is 15.9. The Kier molecular flexibility index (Phi) is 6.54. The first kappa shape index (κ1) is 20.1. The highest BCUT2D eigenvalue weighted by atomic mass is 32.2. The Morgan fingerprint density at radius 3 is 2.38 bits per heavy atom. The molecule has 1 aliphatic heterocycles. The van der Waals surface area contributed by atoms with Gasteiger partial charge >= 0.3 is 12.0 Å². The molecule has 1 aromatic carbocycles. The van der Waals surface area contributed by atoms with Crippen molar-refractivity contribution >= 4 is 22.0 Å². The predicted molar refractivity (Wildman–Crippen MR) is 91.5 cm³/mol. The summed E-state index contributed by atoms with van der Waals surface area (Å²) in [6.07, 6.45) is 0.809. The van der Waals surface area contributed by atoms with Crippen LogP contribution >= 0.6 is 0 Å². The SMILES string of the molecule is CN(CCNC(=O)N1CCC(C(=O)O)CC1)S(=O)(=O)c1ccc(F)cc1. The van der Waals surface area contributed by atoms with Crippen LogP contribution in [-0.4, -0.2) is 68.0 Å². The fraction of sp³-hybridized carbons (Fsp3) is 0.500. The highest BCUT2D eigenvalue weighted by Gasteiger charge is 2.27. The molecule has 1 heterocycles. The molecule has 0 aliphatic carbocycles. The molecule has 1 aliphatic rings. The highest BCUT2D eigenvalue weighted by molar-refractivity contribution is 7.89. The number of carbonyl (C=O) groups excluding carboxylic acids is 1. The Morgan fingerprint density at radius 1 is 1.27 bits per heavy atom. The number of amides is 2. The molecule has 26 heavy (non-hydrogen) atoms. The fourth-order valence-corrected chi connectivity index (χ4v) is 3.84. The number of halogens is 1. The summed E-state index contributed by atoms with van der Waals surface area (Å²) < 4.78 is 38.7. The summed E-state index contributed by atoms with van der Waals surface area (Å²) in [5, 5.41) is 11.6. The van der Waals surface area contributed by atoms with Crippen molar-refractivity contribution in [3.8, 4) is 0 Å². The minimum Gasteiger partial charge on any atom is -0.481 e. The van der Waals surface area contributed by atoms with Crippen LogP contribution in [0.3, 0.4) is 0 Å². The van der Waals surface area contributed by atoms with Gasteiger partial charge in [0, 0.05) is 33.2 Å². The minimum atomic E-state index is -3.76. The van der Waals surface area contributed by atoms with E-state index < -0.39 is 27.7 Å². The second kappa shape index (κ2) is 8.45. The van der Waals surface area contributed by atoms with Crippen LogP contribution < -0.4 is 5.32 Å². The first-order valence-electron chi connectivity index (χ1n) is 8.19. The van der Waals surface area contributed by atoms with Crippen LogP contribution in [0.1, 0.15) is 12.8 Å². The molecule has 2 rings (SSSR count). The van der Waals surface area contributed by atoms with Gasteiger partial charge in [0.2, 0.25) is 10.0 Å². The van der Waals surface area contributed by atoms with Crippen molar-refractivity contribution in [1.29, 1.82) is 0 Å². The van der Waals surface area contributed by atoms with E-state index >= 15 is 0 Å². The van der Waals surface area contributed by atoms with Gasteiger partial charge in [0.05, 0.1) is 10.8 Å². The van der Waals surface area contributed by atoms with Crippen LogP contribution in [-0.2, 0) is 14.8 Å². The lowest BCUT2D eigenvalue weighted by Crippen LogP contribution is -2.47. The first-order valence-corrected chi connectivity index (χ1v) is 9.63. The van der Waals surface area contributed by atoms with E-state index in [0.717, 1.165) is 16.4 Å². The standard InChI is InChI=1S/C16H22FN3O5S/c1-19(26(24,25)14-4-2-13(17)3-5-14)11-8-18-16(23)20-9-6-12(7-10-20)15(21)22/h2-5,12H,6-11H2,1H3,(H,18,23)(H,21,22). The second-order valence-electron chi connectivity index (χ2n) is 6.11. The molecule has 1 aromatic rings. The van der Waals surface area contributed by atoms with E-state index in [1.165, 1.54) is 24.1 Å². The number of likely N-dealkylation sites (tertiary alicyclic amines) is 1. The number of likely N-dealkylation sites (N-methyl/N-ethyl adjacent to an activating group) is 1. The van der Waals surface area contributed by atoms with Crippen LogP contribution in [0.2, 0.25) is 0 Å². The molecule has 144 valence electrons. The van der Waals surface area contributed by atoms with Crippen LogP contribution in [0.5, 0.6) is 0 Å². The Bertz CT molecular complexity index is 746. The van der Waals surface area contributed by atoms with Gasteiger partial charge in [-0.2, -0.15) is 4.31 Å². The van der Waals surface area contributed by atoms with Crippen molar-refractivity contribution in [3.05, 3.63) is 30.1 Å². The maximum atomic E-state index is 12.9. The Hall–Kier alpha value is -2.20. The third kappa shape index (κ3) is 4.92. The zero-order valence-corrected chi connectivity index (χ0v) is 15.2. The van der Waals surface area contributed by atoms with E-state index in [2.05, 4.69) is 5.32 Å². The van der Waals surface area contributed by atoms with E-state index in [0.29, 0.717) is 25.9 Å². The maximum absolute atomic E-state index is 12.9. The number of nitrogens with zero attached hydrogens (tertiary/aromatic N) is 2. The van der Waals surface area contributed by atoms with Gasteiger partial charge in [-0.3, -0.25) is 4.79 Å². The topological polar surface area (TPSA) is 107 Å². The number of aliphatic carboxylic acids is 1. The number of piperidine rings is 1. The molecular weight excluding hydrogens is 365 g/mol. The molecule has 0 atom stereocenters. The molecule has 0 aromatic heterocycles. The number of carbonyl (C=O) groups is 2. The number of hydrogen-bond acceptors (Lipinski definition) is 4. The molecule has 0 radical (unpaired) electrons. The van der Waals surface area contributed by atoms with Crippen molar-refractivity contribution in [2.24, 2.45) is 5.92 Å². The lowest BCUT2D eigenvalue weighted by Gasteiger charge is -2.30. The third-order valence-corrected chi connectivity index (χ3v) is 6.23. The van der Waals surface area contributed by atoms with Crippen molar-refractivity contribution in [2.45, 2.75) is 17.7 Å². The molecule has 0 spiro atoms. The van der Waals surface area contributed by atoms with E-state index in [1.54, 1.807) is 0 Å². The van der Waals surface area contributed by atoms with E-state index in [-0.39, 0.29) is 24.0 Å². The average molecular weight is 387 g/mol. The predicted octanol–water partition coefficient (Wildman–Crippen LogP) is 0.952. The second-order valence-corrected chi connectivity index (χ2v) is 8.16. The number of hydrogen-bond donors (Lipinski definition) is 2. The molecule has 2 amide bonds. The minimum absolute atomic E-state index is 0.0246. The van der Waals surface area contributed by atoms with Gasteiger partial charge in [-0.05, 0) is 37.1 Å². The van der Waals surface area contributed by atoms with Crippen molar-refractivity contribution < 1.29 is 27.5 Å². The van der Waals surface area contributed by atoms with Crippen LogP contribution in [0, 0.1) is 11.7 Å². The van der Waals surface area contributed by atoms with Gasteiger partial charge in [0.25, 0.3) is 0 Å². The third-order valence-electron chi connectivity index (χ3n) is 4.36. The molecule has 8 nitrogen and oxygen atoms in total. The maximum Gasteiger partial charge on any atom is 0.317 e. The van der Waals surface area contributed by atoms with Gasteiger partial charge in [-0.25, -0.2) is 17.6 Å². The summed E-state index contributed by atoms with van der Waals surface area (Å²) in [6.45, 7) is 0.866. The zero-order valence-electron chi connectivity index (χ0n) is 14.4. The summed E-state index contributed by atoms with van der Waals surface area (Å²) in [5.41, 5.74) is 0. The lowest BCUT2D eigenvalue weighted by molar-refractivity contribution is -0.143. The fourth-order valence-electron chi connectivity index (χ4n) is 2.67. The quantitative estimate of drug-likeness (QED) is 0.756. The molecule has 0 saturated carbocycles. The zero-order chi connectivity index (χ0) is 19.3. The lowest BCUT2D eigenvalue weighted by atomic mass is 9.97. The molecule has 0 bridgehead atoms. The summed E-state index contributed by atoms with van der Waals surface area (Å²) in [5.74, 6) is -1.80. The molecule has 0 unspecified atom stereocenters. The highest BCUT2D eigenvalue weighted by Crippen LogP contribution is 2.17. The Balaban J connectivity index is 1.80. The van der Waals surface area contributed by atoms with E-state index in [1.807, 2.05) is 0 Å². The number of benzene rings is 1. The van der Waals surface area contributed by atoms with Gasteiger partial charge in [-0.15, -0.1) is 0 Å². The monoisotopic (exact) mass is 387 g/mol. The van der Waals surface area contributed by atoms with Gasteiger partial charge in [0.1, 0.15) is 5.82 Å². The van der Waals surface area contributed by atoms with Crippen molar-refractivity contribution in [2.75, 3.05) is 33.2 Å². The average Bonchev–Trinajstić information content (AvgIpc) is 2.61. The number of carboxylic acids is 1. The summed E-state index contributed by atoms with van der Waals surface area (Å²) in [7, 11) is -2.38. The smallest absolute Gasteiger partial charge is 0.317 e. The van der Waals surface area contributed by atoms with Gasteiger partial charge in [0.15, 0.2) is 0 Å². The Labute approximate surface area is 151 Å². The summed E-state index contributed by atoms with van der Waals surface area (Å²) in [6, 6.07) is 4.17. The Morgan fingerprint density at radius 2 is 1.85 bits per heavy atom. The van der Waals surface area contributed by atoms with Crippen LogP contribution in [0.4, 0.5) is 9.18 Å². The number of carboxylic acid groups (broad SMARTS) is 1.